The van der Waals surface area contributed by atoms with E-state index in [1.54, 1.807) is 0 Å². The van der Waals surface area contributed by atoms with Crippen LogP contribution in [-0.4, -0.2) is 61.8 Å². The maximum Gasteiger partial charge on any atom is 0.416 e. The number of aliphatic hydroxyl groups excluding tert-OH is 2. The highest BCUT2D eigenvalue weighted by atomic mass is 35.5. The molecule has 222 valence electrons. The Morgan fingerprint density at radius 1 is 1.02 bits per heavy atom. The summed E-state index contributed by atoms with van der Waals surface area (Å²) in [4.78, 5) is 38.5. The standard InChI is InChI=1S/C24H22ClF6N5O5/c25-14-7-5-13(6-8-14)20-34-36(22(41)35(20)11-17(38)24(29,30)31)12-18(39)33-19(21(40)32-9-10-37)15-3-1-2-4-16(15)23(26,27)28/h1-8,17,19,37-38H,9-12H2,(H,32,40)(H,33,39). The lowest BCUT2D eigenvalue weighted by Gasteiger charge is -2.22. The highest BCUT2D eigenvalue weighted by Gasteiger charge is 2.40. The van der Waals surface area contributed by atoms with E-state index in [0.29, 0.717) is 15.3 Å². The van der Waals surface area contributed by atoms with Crippen LogP contribution >= 0.6 is 11.6 Å². The van der Waals surface area contributed by atoms with Crippen molar-refractivity contribution < 1.29 is 46.1 Å². The Labute approximate surface area is 232 Å². The lowest BCUT2D eigenvalue weighted by atomic mass is 9.99. The van der Waals surface area contributed by atoms with Gasteiger partial charge in [-0.25, -0.2) is 9.48 Å². The topological polar surface area (TPSA) is 138 Å². The first kappa shape index (κ1) is 31.6. The molecule has 3 rings (SSSR count). The van der Waals surface area contributed by atoms with E-state index in [4.69, 9.17) is 16.7 Å². The van der Waals surface area contributed by atoms with Crippen LogP contribution in [-0.2, 0) is 28.9 Å². The molecule has 1 heterocycles. The first-order valence-electron chi connectivity index (χ1n) is 11.7. The predicted octanol–water partition coefficient (Wildman–Crippen LogP) is 2.27. The molecule has 10 nitrogen and oxygen atoms in total. The van der Waals surface area contributed by atoms with E-state index in [1.165, 1.54) is 30.3 Å². The average molecular weight is 610 g/mol. The van der Waals surface area contributed by atoms with Crippen molar-refractivity contribution >= 4 is 23.4 Å². The zero-order chi connectivity index (χ0) is 30.5. The predicted molar refractivity (Wildman–Crippen MR) is 131 cm³/mol. The van der Waals surface area contributed by atoms with Gasteiger partial charge < -0.3 is 20.8 Å². The van der Waals surface area contributed by atoms with Crippen LogP contribution in [0.15, 0.2) is 53.3 Å². The molecule has 2 aromatic carbocycles. The van der Waals surface area contributed by atoms with E-state index in [1.807, 2.05) is 0 Å². The number of halogens is 7. The summed E-state index contributed by atoms with van der Waals surface area (Å²) in [5.41, 5.74) is -3.04. The van der Waals surface area contributed by atoms with Gasteiger partial charge >= 0.3 is 18.0 Å². The third-order valence-corrected chi connectivity index (χ3v) is 5.86. The van der Waals surface area contributed by atoms with Crippen molar-refractivity contribution in [2.75, 3.05) is 13.2 Å². The third kappa shape index (κ3) is 7.86. The second-order valence-corrected chi connectivity index (χ2v) is 8.98. The Morgan fingerprint density at radius 3 is 2.24 bits per heavy atom. The summed E-state index contributed by atoms with van der Waals surface area (Å²) in [6.07, 6.45) is -13.0. The summed E-state index contributed by atoms with van der Waals surface area (Å²) in [5, 5.41) is 26.9. The fourth-order valence-electron chi connectivity index (χ4n) is 3.71. The normalized spacial score (nSPS) is 13.5. The molecule has 41 heavy (non-hydrogen) atoms. The number of aromatic nitrogens is 3. The number of aliphatic hydroxyl groups is 2. The average Bonchev–Trinajstić information content (AvgIpc) is 3.19. The largest absolute Gasteiger partial charge is 0.416 e. The van der Waals surface area contributed by atoms with Gasteiger partial charge in [0.2, 0.25) is 11.8 Å². The summed E-state index contributed by atoms with van der Waals surface area (Å²) in [5.74, 6) is -2.68. The quantitative estimate of drug-likeness (QED) is 0.260. The van der Waals surface area contributed by atoms with Gasteiger partial charge in [0.25, 0.3) is 0 Å². The van der Waals surface area contributed by atoms with E-state index < -0.39 is 72.8 Å². The van der Waals surface area contributed by atoms with Crippen molar-refractivity contribution in [3.63, 3.8) is 0 Å². The lowest BCUT2D eigenvalue weighted by molar-refractivity contribution is -0.207. The molecule has 0 fully saturated rings. The van der Waals surface area contributed by atoms with Gasteiger partial charge in [-0.2, -0.15) is 26.3 Å². The maximum atomic E-state index is 13.6. The van der Waals surface area contributed by atoms with Crippen molar-refractivity contribution in [1.82, 2.24) is 25.0 Å². The highest BCUT2D eigenvalue weighted by Crippen LogP contribution is 2.34. The molecule has 0 saturated carbocycles. The van der Waals surface area contributed by atoms with Gasteiger partial charge in [-0.3, -0.25) is 14.2 Å². The van der Waals surface area contributed by atoms with Crippen molar-refractivity contribution in [2.24, 2.45) is 0 Å². The smallest absolute Gasteiger partial charge is 0.395 e. The van der Waals surface area contributed by atoms with E-state index >= 15 is 0 Å². The minimum absolute atomic E-state index is 0.0976. The van der Waals surface area contributed by atoms with Gasteiger partial charge in [0.1, 0.15) is 12.6 Å². The SMILES string of the molecule is O=C(Cn1nc(-c2ccc(Cl)cc2)n(CC(O)C(F)(F)F)c1=O)NC(C(=O)NCCO)c1ccccc1C(F)(F)F. The van der Waals surface area contributed by atoms with E-state index in [0.717, 1.165) is 12.1 Å². The maximum absolute atomic E-state index is 13.6. The molecular weight excluding hydrogens is 588 g/mol. The first-order chi connectivity index (χ1) is 19.1. The number of nitrogens with one attached hydrogen (secondary N) is 2. The van der Waals surface area contributed by atoms with Crippen LogP contribution in [0.25, 0.3) is 11.4 Å². The number of alkyl halides is 6. The summed E-state index contributed by atoms with van der Waals surface area (Å²) in [7, 11) is 0. The summed E-state index contributed by atoms with van der Waals surface area (Å²) >= 11 is 5.83. The summed E-state index contributed by atoms with van der Waals surface area (Å²) in [6, 6.07) is 7.30. The van der Waals surface area contributed by atoms with Gasteiger partial charge in [0.05, 0.1) is 18.7 Å². The Bertz CT molecular complexity index is 1440. The van der Waals surface area contributed by atoms with Crippen LogP contribution in [0.4, 0.5) is 26.3 Å². The number of amides is 2. The molecule has 0 bridgehead atoms. The van der Waals surface area contributed by atoms with Gasteiger partial charge in [0.15, 0.2) is 11.9 Å². The Morgan fingerprint density at radius 2 is 1.66 bits per heavy atom. The van der Waals surface area contributed by atoms with Crippen molar-refractivity contribution in [1.29, 1.82) is 0 Å². The Hall–Kier alpha value is -3.89. The van der Waals surface area contributed by atoms with Gasteiger partial charge in [-0.15, -0.1) is 5.10 Å². The number of nitrogens with zero attached hydrogens (tertiary/aromatic N) is 3. The van der Waals surface area contributed by atoms with Crippen LogP contribution in [0.5, 0.6) is 0 Å². The van der Waals surface area contributed by atoms with Crippen LogP contribution in [0.3, 0.4) is 0 Å². The number of hydrogen-bond donors (Lipinski definition) is 4. The Kier molecular flexibility index (Phi) is 9.83. The molecule has 0 spiro atoms. The van der Waals surface area contributed by atoms with E-state index in [9.17, 15) is 45.8 Å². The molecular formula is C24H22ClF6N5O5. The molecule has 2 atom stereocenters. The fraction of sp³-hybridized carbons (Fsp3) is 0.333. The van der Waals surface area contributed by atoms with Gasteiger partial charge in [-0.05, 0) is 35.9 Å². The highest BCUT2D eigenvalue weighted by molar-refractivity contribution is 6.30. The molecule has 0 aliphatic heterocycles. The minimum Gasteiger partial charge on any atom is -0.395 e. The fourth-order valence-corrected chi connectivity index (χ4v) is 3.84. The molecule has 0 radical (unpaired) electrons. The molecule has 0 aliphatic carbocycles. The van der Waals surface area contributed by atoms with Gasteiger partial charge in [-0.1, -0.05) is 29.8 Å². The number of benzene rings is 2. The minimum atomic E-state index is -5.10. The molecule has 3 aromatic rings. The van der Waals surface area contributed by atoms with Crippen LogP contribution in [0.2, 0.25) is 5.02 Å². The summed E-state index contributed by atoms with van der Waals surface area (Å²) in [6.45, 7) is -3.22. The molecule has 2 unspecified atom stereocenters. The van der Waals surface area contributed by atoms with Crippen LogP contribution in [0.1, 0.15) is 17.2 Å². The van der Waals surface area contributed by atoms with Crippen LogP contribution < -0.4 is 16.3 Å². The number of carbonyl (C=O) groups is 2. The molecule has 0 aliphatic rings. The molecule has 0 saturated heterocycles. The number of rotatable bonds is 10. The third-order valence-electron chi connectivity index (χ3n) is 5.61. The summed E-state index contributed by atoms with van der Waals surface area (Å²) < 4.78 is 80.9. The molecule has 17 heteroatoms. The van der Waals surface area contributed by atoms with E-state index in [-0.39, 0.29) is 23.0 Å². The first-order valence-corrected chi connectivity index (χ1v) is 12.0. The zero-order valence-electron chi connectivity index (χ0n) is 20.7. The molecule has 2 amide bonds. The number of carbonyl (C=O) groups excluding carboxylic acids is 2. The van der Waals surface area contributed by atoms with Crippen molar-refractivity contribution in [2.45, 2.75) is 37.6 Å². The lowest BCUT2D eigenvalue weighted by Crippen LogP contribution is -2.44. The Balaban J connectivity index is 1.99. The van der Waals surface area contributed by atoms with Crippen LogP contribution in [0, 0.1) is 0 Å². The van der Waals surface area contributed by atoms with Crippen molar-refractivity contribution in [3.8, 4) is 11.4 Å². The number of hydrogen-bond acceptors (Lipinski definition) is 6. The molecule has 1 aromatic heterocycles. The monoisotopic (exact) mass is 609 g/mol. The molecule has 4 N–H and O–H groups in total. The van der Waals surface area contributed by atoms with Crippen molar-refractivity contribution in [3.05, 3.63) is 75.2 Å². The van der Waals surface area contributed by atoms with Gasteiger partial charge in [0, 0.05) is 17.1 Å². The second-order valence-electron chi connectivity index (χ2n) is 8.54. The zero-order valence-corrected chi connectivity index (χ0v) is 21.5. The second kappa shape index (κ2) is 12.7. The van der Waals surface area contributed by atoms with E-state index in [2.05, 4.69) is 15.7 Å².